The zero-order valence-electron chi connectivity index (χ0n) is 15.6. The maximum Gasteiger partial charge on any atom is 0.311 e. The standard InChI is InChI=1S/C19H20N2O7/c1-12(15-9-14(26-2)5-7-17(15)27-3)20-19(23)11-28-18-6-4-13(10-22)8-16(18)21(24)25/h4-10,12H,11H2,1-3H3,(H,20,23)/t12-/m1/s1. The van der Waals surface area contributed by atoms with Crippen molar-refractivity contribution in [1.29, 1.82) is 0 Å². The molecule has 0 radical (unpaired) electrons. The van der Waals surface area contributed by atoms with Gasteiger partial charge in [0.05, 0.1) is 25.2 Å². The summed E-state index contributed by atoms with van der Waals surface area (Å²) in [6.07, 6.45) is 0.493. The van der Waals surface area contributed by atoms with Gasteiger partial charge in [-0.25, -0.2) is 0 Å². The summed E-state index contributed by atoms with van der Waals surface area (Å²) in [5, 5.41) is 13.8. The number of hydrogen-bond acceptors (Lipinski definition) is 7. The second-order valence-corrected chi connectivity index (χ2v) is 5.79. The van der Waals surface area contributed by atoms with Gasteiger partial charge in [-0.15, -0.1) is 0 Å². The van der Waals surface area contributed by atoms with E-state index in [1.54, 1.807) is 25.1 Å². The minimum absolute atomic E-state index is 0.0997. The van der Waals surface area contributed by atoms with Gasteiger partial charge in [-0.2, -0.15) is 0 Å². The summed E-state index contributed by atoms with van der Waals surface area (Å²) in [6, 6.07) is 8.53. The predicted octanol–water partition coefficient (Wildman–Crippen LogP) is 2.68. The lowest BCUT2D eigenvalue weighted by Crippen LogP contribution is -2.31. The largest absolute Gasteiger partial charge is 0.497 e. The van der Waals surface area contributed by atoms with Gasteiger partial charge in [0.15, 0.2) is 12.4 Å². The van der Waals surface area contributed by atoms with E-state index in [1.165, 1.54) is 26.4 Å². The van der Waals surface area contributed by atoms with E-state index >= 15 is 0 Å². The molecule has 28 heavy (non-hydrogen) atoms. The maximum atomic E-state index is 12.2. The fourth-order valence-corrected chi connectivity index (χ4v) is 2.55. The summed E-state index contributed by atoms with van der Waals surface area (Å²) < 4.78 is 15.8. The molecule has 0 fully saturated rings. The molecule has 0 heterocycles. The number of carbonyl (C=O) groups is 2. The molecule has 0 spiro atoms. The quantitative estimate of drug-likeness (QED) is 0.399. The molecule has 1 N–H and O–H groups in total. The van der Waals surface area contributed by atoms with Crippen LogP contribution in [0.25, 0.3) is 0 Å². The highest BCUT2D eigenvalue weighted by atomic mass is 16.6. The molecule has 0 saturated carbocycles. The Morgan fingerprint density at radius 3 is 2.50 bits per heavy atom. The van der Waals surface area contributed by atoms with Crippen LogP contribution in [0.3, 0.4) is 0 Å². The zero-order valence-corrected chi connectivity index (χ0v) is 15.6. The zero-order chi connectivity index (χ0) is 20.7. The van der Waals surface area contributed by atoms with Gasteiger partial charge in [0.2, 0.25) is 0 Å². The van der Waals surface area contributed by atoms with Crippen molar-refractivity contribution >= 4 is 17.9 Å². The average Bonchev–Trinajstić information content (AvgIpc) is 2.71. The number of methoxy groups -OCH3 is 2. The van der Waals surface area contributed by atoms with Crippen molar-refractivity contribution in [2.75, 3.05) is 20.8 Å². The van der Waals surface area contributed by atoms with Crippen molar-refractivity contribution in [1.82, 2.24) is 5.32 Å². The van der Waals surface area contributed by atoms with Crippen molar-refractivity contribution in [3.63, 3.8) is 0 Å². The van der Waals surface area contributed by atoms with E-state index < -0.39 is 23.5 Å². The van der Waals surface area contributed by atoms with Gasteiger partial charge in [0.1, 0.15) is 17.8 Å². The fourth-order valence-electron chi connectivity index (χ4n) is 2.55. The normalized spacial score (nSPS) is 11.2. The monoisotopic (exact) mass is 388 g/mol. The van der Waals surface area contributed by atoms with Gasteiger partial charge < -0.3 is 19.5 Å². The summed E-state index contributed by atoms with van der Waals surface area (Å²) in [4.78, 5) is 33.4. The van der Waals surface area contributed by atoms with Crippen LogP contribution in [0.15, 0.2) is 36.4 Å². The molecule has 1 atom stereocenters. The second kappa shape index (κ2) is 9.36. The van der Waals surface area contributed by atoms with Crippen molar-refractivity contribution in [2.45, 2.75) is 13.0 Å². The highest BCUT2D eigenvalue weighted by Crippen LogP contribution is 2.30. The molecular formula is C19H20N2O7. The van der Waals surface area contributed by atoms with E-state index in [1.807, 2.05) is 0 Å². The van der Waals surface area contributed by atoms with Crippen LogP contribution in [0, 0.1) is 10.1 Å². The Kier molecular flexibility index (Phi) is 6.91. The number of ether oxygens (including phenoxy) is 3. The number of aldehydes is 1. The lowest BCUT2D eigenvalue weighted by atomic mass is 10.1. The summed E-state index contributed by atoms with van der Waals surface area (Å²) in [5.74, 6) is 0.608. The summed E-state index contributed by atoms with van der Waals surface area (Å²) in [6.45, 7) is 1.33. The number of carbonyl (C=O) groups excluding carboxylic acids is 2. The molecule has 0 saturated heterocycles. The molecule has 0 aliphatic rings. The number of amides is 1. The lowest BCUT2D eigenvalue weighted by molar-refractivity contribution is -0.385. The first-order valence-corrected chi connectivity index (χ1v) is 8.27. The van der Waals surface area contributed by atoms with E-state index in [0.717, 1.165) is 6.07 Å². The maximum absolute atomic E-state index is 12.2. The van der Waals surface area contributed by atoms with Crippen LogP contribution < -0.4 is 19.5 Å². The Hall–Kier alpha value is -3.62. The Bertz CT molecular complexity index is 883. The van der Waals surface area contributed by atoms with Crippen LogP contribution in [-0.2, 0) is 4.79 Å². The van der Waals surface area contributed by atoms with E-state index in [-0.39, 0.29) is 17.0 Å². The Balaban J connectivity index is 2.07. The van der Waals surface area contributed by atoms with Crippen LogP contribution in [0.1, 0.15) is 28.9 Å². The molecule has 1 amide bonds. The number of nitro benzene ring substituents is 1. The first-order valence-electron chi connectivity index (χ1n) is 8.27. The van der Waals surface area contributed by atoms with E-state index in [2.05, 4.69) is 5.32 Å². The number of benzene rings is 2. The molecule has 9 nitrogen and oxygen atoms in total. The number of hydrogen-bond donors (Lipinski definition) is 1. The molecule has 2 aromatic carbocycles. The number of nitro groups is 1. The molecule has 2 aromatic rings. The van der Waals surface area contributed by atoms with Gasteiger partial charge in [0.25, 0.3) is 5.91 Å². The van der Waals surface area contributed by atoms with Gasteiger partial charge >= 0.3 is 5.69 Å². The molecule has 0 aromatic heterocycles. The Morgan fingerprint density at radius 1 is 1.18 bits per heavy atom. The lowest BCUT2D eigenvalue weighted by Gasteiger charge is -2.18. The van der Waals surface area contributed by atoms with Crippen molar-refractivity contribution in [3.8, 4) is 17.2 Å². The SMILES string of the molecule is COc1ccc(OC)c([C@@H](C)NC(=O)COc2ccc(C=O)cc2[N+](=O)[O-])c1. The van der Waals surface area contributed by atoms with Crippen LogP contribution in [0.4, 0.5) is 5.69 Å². The number of nitrogens with zero attached hydrogens (tertiary/aromatic N) is 1. The van der Waals surface area contributed by atoms with E-state index in [9.17, 15) is 19.7 Å². The van der Waals surface area contributed by atoms with Crippen molar-refractivity contribution < 1.29 is 28.7 Å². The highest BCUT2D eigenvalue weighted by molar-refractivity contribution is 5.79. The van der Waals surface area contributed by atoms with Gasteiger partial charge in [-0.3, -0.25) is 19.7 Å². The third-order valence-corrected chi connectivity index (χ3v) is 3.96. The van der Waals surface area contributed by atoms with Crippen LogP contribution in [0.2, 0.25) is 0 Å². The van der Waals surface area contributed by atoms with Crippen LogP contribution in [0.5, 0.6) is 17.2 Å². The van der Waals surface area contributed by atoms with Crippen molar-refractivity contribution in [2.24, 2.45) is 0 Å². The van der Waals surface area contributed by atoms with Crippen molar-refractivity contribution in [3.05, 3.63) is 57.6 Å². The third-order valence-electron chi connectivity index (χ3n) is 3.96. The average molecular weight is 388 g/mol. The van der Waals surface area contributed by atoms with Gasteiger partial charge in [-0.05, 0) is 37.3 Å². The van der Waals surface area contributed by atoms with E-state index in [0.29, 0.717) is 23.3 Å². The molecule has 9 heteroatoms. The van der Waals surface area contributed by atoms with Crippen LogP contribution >= 0.6 is 0 Å². The topological polar surface area (TPSA) is 117 Å². The first kappa shape index (κ1) is 20.7. The van der Waals surface area contributed by atoms with Gasteiger partial charge in [0, 0.05) is 17.2 Å². The fraction of sp³-hybridized carbons (Fsp3) is 0.263. The number of nitrogens with one attached hydrogen (secondary N) is 1. The smallest absolute Gasteiger partial charge is 0.311 e. The Labute approximate surface area is 161 Å². The molecule has 0 aliphatic carbocycles. The van der Waals surface area contributed by atoms with E-state index in [4.69, 9.17) is 14.2 Å². The molecule has 0 aliphatic heterocycles. The minimum Gasteiger partial charge on any atom is -0.497 e. The molecular weight excluding hydrogens is 368 g/mol. The molecule has 148 valence electrons. The van der Waals surface area contributed by atoms with Gasteiger partial charge in [-0.1, -0.05) is 0 Å². The summed E-state index contributed by atoms with van der Waals surface area (Å²) in [5.41, 5.74) is 0.457. The number of rotatable bonds is 9. The third kappa shape index (κ3) is 4.97. The second-order valence-electron chi connectivity index (χ2n) is 5.79. The molecule has 0 bridgehead atoms. The summed E-state index contributed by atoms with van der Waals surface area (Å²) >= 11 is 0. The minimum atomic E-state index is -0.677. The predicted molar refractivity (Wildman–Crippen MR) is 100 cm³/mol. The van der Waals surface area contributed by atoms with Crippen LogP contribution in [-0.4, -0.2) is 37.9 Å². The summed E-state index contributed by atoms with van der Waals surface area (Å²) in [7, 11) is 3.05. The highest BCUT2D eigenvalue weighted by Gasteiger charge is 2.19. The molecule has 0 unspecified atom stereocenters. The molecule has 2 rings (SSSR count). The first-order chi connectivity index (χ1) is 13.4. The Morgan fingerprint density at radius 2 is 1.89 bits per heavy atom.